The predicted molar refractivity (Wildman–Crippen MR) is 96.6 cm³/mol. The molecule has 4 heteroatoms. The Kier molecular flexibility index (Phi) is 12.6. The topological polar surface area (TPSA) is 0 Å². The van der Waals surface area contributed by atoms with E-state index < -0.39 is 0 Å². The molecule has 0 spiro atoms. The van der Waals surface area contributed by atoms with E-state index in [0.717, 1.165) is 0 Å². The molecule has 4 rings (SSSR count). The second-order valence-corrected chi connectivity index (χ2v) is 12.0. The van der Waals surface area contributed by atoms with Gasteiger partial charge in [0, 0.05) is 0 Å². The van der Waals surface area contributed by atoms with Crippen LogP contribution in [0.3, 0.4) is 0 Å². The fourth-order valence-electron chi connectivity index (χ4n) is 2.14. The van der Waals surface area contributed by atoms with E-state index in [1.54, 1.807) is 0 Å². The third-order valence-corrected chi connectivity index (χ3v) is 3.10. The molecule has 0 heterocycles. The summed E-state index contributed by atoms with van der Waals surface area (Å²) < 4.78 is 0. The van der Waals surface area contributed by atoms with Crippen LogP contribution in [0.4, 0.5) is 0 Å². The summed E-state index contributed by atoms with van der Waals surface area (Å²) in [4.78, 5) is 0. The van der Waals surface area contributed by atoms with E-state index in [1.807, 2.05) is 0 Å². The van der Waals surface area contributed by atoms with Crippen molar-refractivity contribution >= 4 is 27.7 Å². The molecule has 124 valence electrons. The average molecular weight is 496 g/mol. The second-order valence-electron chi connectivity index (χ2n) is 5.31. The fourth-order valence-corrected chi connectivity index (χ4v) is 2.14. The van der Waals surface area contributed by atoms with Gasteiger partial charge in [-0.3, -0.25) is 0 Å². The van der Waals surface area contributed by atoms with Crippen LogP contribution in [0.15, 0.2) is 84.9 Å². The molecule has 0 nitrogen and oxygen atoms in total. The zero-order valence-corrected chi connectivity index (χ0v) is 19.6. The molecule has 4 aromatic carbocycles. The average Bonchev–Trinajstić information content (AvgIpc) is 3.16. The summed E-state index contributed by atoms with van der Waals surface area (Å²) in [6, 6.07) is 29.3. The standard InChI is InChI=1S/2C9H7.C2H6Si.2BrH.Ti/c2*1-2-5-9-7-3-6-8(9)4-1;1-3-2;;;/h2*1-7H;1-2H3;2*1H;/q2*-1;;;;+2/p-2. The first-order valence-corrected chi connectivity index (χ1v) is 12.2. The van der Waals surface area contributed by atoms with E-state index in [0.29, 0.717) is 0 Å². The van der Waals surface area contributed by atoms with E-state index in [4.69, 9.17) is 0 Å². The maximum Gasteiger partial charge on any atom is -0.0809 e. The normalized spacial score (nSPS) is 8.83. The van der Waals surface area contributed by atoms with Crippen molar-refractivity contribution in [1.29, 1.82) is 0 Å². The minimum Gasteiger partial charge on any atom is -1.00 e. The molecule has 0 radical (unpaired) electrons. The van der Waals surface area contributed by atoms with Crippen LogP contribution in [-0.4, -0.2) is 6.19 Å². The van der Waals surface area contributed by atoms with Crippen LogP contribution in [0.25, 0.3) is 21.5 Å². The largest absolute Gasteiger partial charge is 1.00 e. The van der Waals surface area contributed by atoms with Gasteiger partial charge in [-0.1, -0.05) is 12.1 Å². The second kappa shape index (κ2) is 12.8. The van der Waals surface area contributed by atoms with Crippen molar-refractivity contribution in [2.75, 3.05) is 0 Å². The number of hydrogen-bond donors (Lipinski definition) is 0. The number of rotatable bonds is 0. The first kappa shape index (κ1) is 23.6. The molecule has 0 aliphatic rings. The quantitative estimate of drug-likeness (QED) is 0.236. The predicted octanol–water partition coefficient (Wildman–Crippen LogP) is -0.0903. The molecule has 0 amide bonds. The van der Waals surface area contributed by atoms with Gasteiger partial charge < -0.3 is 34.0 Å². The van der Waals surface area contributed by atoms with Crippen molar-refractivity contribution in [3.63, 3.8) is 0 Å². The summed E-state index contributed by atoms with van der Waals surface area (Å²) in [7, 11) is 0. The molecule has 0 fully saturated rings. The van der Waals surface area contributed by atoms with Crippen molar-refractivity contribution < 1.29 is 53.1 Å². The van der Waals surface area contributed by atoms with Gasteiger partial charge in [0.05, 0.1) is 0 Å². The van der Waals surface area contributed by atoms with E-state index in [1.165, 1.54) is 21.5 Å². The van der Waals surface area contributed by atoms with E-state index in [2.05, 4.69) is 117 Å². The van der Waals surface area contributed by atoms with Gasteiger partial charge in [-0.15, -0.1) is 59.3 Å². The van der Waals surface area contributed by atoms with Crippen molar-refractivity contribution in [2.24, 2.45) is 0 Å². The Morgan fingerprint density at radius 1 is 0.667 bits per heavy atom. The van der Waals surface area contributed by atoms with E-state index in [9.17, 15) is 0 Å². The van der Waals surface area contributed by atoms with Crippen LogP contribution in [0.1, 0.15) is 0 Å². The maximum atomic E-state index is 2.27. The molecule has 4 aromatic rings. The Labute approximate surface area is 177 Å². The Hall–Kier alpha value is -0.449. The Morgan fingerprint density at radius 2 is 1.00 bits per heavy atom. The number of halogens is 2. The Balaban J connectivity index is 0.000000341. The summed E-state index contributed by atoms with van der Waals surface area (Å²) >= 11 is 2.27. The molecule has 0 atom stereocenters. The first-order valence-electron chi connectivity index (χ1n) is 7.39. The van der Waals surface area contributed by atoms with Crippen LogP contribution in [-0.2, 0) is 19.2 Å². The maximum absolute atomic E-state index is 2.27. The van der Waals surface area contributed by atoms with Crippen molar-refractivity contribution in [3.8, 4) is 0 Å². The van der Waals surface area contributed by atoms with E-state index >= 15 is 0 Å². The van der Waals surface area contributed by atoms with Gasteiger partial charge in [-0.25, -0.2) is 0 Å². The Morgan fingerprint density at radius 3 is 1.33 bits per heavy atom. The first-order chi connectivity index (χ1) is 10.7. The smallest absolute Gasteiger partial charge is 0.0809 e. The molecule has 0 unspecified atom stereocenters. The third kappa shape index (κ3) is 8.09. The number of hydrogen-bond acceptors (Lipinski definition) is 0. The Bertz CT molecular complexity index is 718. The minimum atomic E-state index is 0. The van der Waals surface area contributed by atoms with Crippen molar-refractivity contribution in [1.82, 2.24) is 0 Å². The molecule has 0 saturated carbocycles. The molecule has 0 aromatic heterocycles. The molecule has 0 saturated heterocycles. The molecular weight excluding hydrogens is 476 g/mol. The molecule has 0 aliphatic carbocycles. The summed E-state index contributed by atoms with van der Waals surface area (Å²) in [5.74, 6) is 0. The molecule has 0 N–H and O–H groups in total. The van der Waals surface area contributed by atoms with Gasteiger partial charge >= 0.3 is 38.5 Å². The molecule has 24 heavy (non-hydrogen) atoms. The molecule has 0 bridgehead atoms. The van der Waals surface area contributed by atoms with Crippen molar-refractivity contribution in [2.45, 2.75) is 13.1 Å². The van der Waals surface area contributed by atoms with Gasteiger partial charge in [0.25, 0.3) is 0 Å². The van der Waals surface area contributed by atoms with Gasteiger partial charge in [0.2, 0.25) is 0 Å². The SMILES string of the molecule is C[Si](C)=[Ti+2].[Br-].[Br-].c1ccc2[cH-]ccc2c1.c1ccc2[cH-]ccc2c1. The monoisotopic (exact) mass is 494 g/mol. The number of fused-ring (bicyclic) bond motifs is 2. The summed E-state index contributed by atoms with van der Waals surface area (Å²) in [5.41, 5.74) is 0. The van der Waals surface area contributed by atoms with Crippen LogP contribution in [0.2, 0.25) is 13.1 Å². The van der Waals surface area contributed by atoms with Crippen LogP contribution >= 0.6 is 0 Å². The third-order valence-electron chi connectivity index (χ3n) is 3.10. The van der Waals surface area contributed by atoms with Gasteiger partial charge in [-0.2, -0.15) is 35.0 Å². The summed E-state index contributed by atoms with van der Waals surface area (Å²) in [6.07, 6.45) is 0.120. The zero-order chi connectivity index (χ0) is 15.8. The summed E-state index contributed by atoms with van der Waals surface area (Å²) in [6.45, 7) is 4.54. The zero-order valence-electron chi connectivity index (χ0n) is 13.8. The van der Waals surface area contributed by atoms with Gasteiger partial charge in [0.15, 0.2) is 0 Å². The summed E-state index contributed by atoms with van der Waals surface area (Å²) in [5, 5.41) is 5.32. The molecular formula is C20H20Br2SiTi-2. The van der Waals surface area contributed by atoms with Gasteiger partial charge in [-0.05, 0) is 0 Å². The van der Waals surface area contributed by atoms with Crippen LogP contribution in [0, 0.1) is 0 Å². The fraction of sp³-hybridized carbons (Fsp3) is 0.100. The van der Waals surface area contributed by atoms with E-state index in [-0.39, 0.29) is 40.1 Å². The van der Waals surface area contributed by atoms with Crippen LogP contribution in [0.5, 0.6) is 0 Å². The van der Waals surface area contributed by atoms with Gasteiger partial charge in [0.1, 0.15) is 0 Å². The van der Waals surface area contributed by atoms with Crippen molar-refractivity contribution in [3.05, 3.63) is 84.9 Å². The van der Waals surface area contributed by atoms with Crippen LogP contribution < -0.4 is 34.0 Å². The number of benzene rings is 2. The minimum absolute atomic E-state index is 0. The molecule has 0 aliphatic heterocycles.